The molecule has 0 aliphatic rings. The van der Waals surface area contributed by atoms with Crippen molar-refractivity contribution < 1.29 is 0 Å². The highest BCUT2D eigenvalue weighted by Gasteiger charge is 2.31. The fourth-order valence-electron chi connectivity index (χ4n) is 2.33. The summed E-state index contributed by atoms with van der Waals surface area (Å²) in [4.78, 5) is 0. The van der Waals surface area contributed by atoms with E-state index in [2.05, 4.69) is 37.8 Å². The summed E-state index contributed by atoms with van der Waals surface area (Å²) in [6.07, 6.45) is 6.56. The molecule has 0 aromatic heterocycles. The molecule has 0 aliphatic carbocycles. The Bertz CT molecular complexity index is 526. The number of aryl methyl sites for hydroxylation is 1. The second kappa shape index (κ2) is 8.28. The summed E-state index contributed by atoms with van der Waals surface area (Å²) in [7, 11) is 0. The first-order valence-corrected chi connectivity index (χ1v) is 7.64. The van der Waals surface area contributed by atoms with Gasteiger partial charge >= 0.3 is 0 Å². The number of benzene rings is 1. The molecule has 0 aliphatic heterocycles. The van der Waals surface area contributed by atoms with Crippen LogP contribution in [0, 0.1) is 28.1 Å². The Morgan fingerprint density at radius 2 is 1.62 bits per heavy atom. The highest BCUT2D eigenvalue weighted by Crippen LogP contribution is 2.29. The van der Waals surface area contributed by atoms with Gasteiger partial charge in [0, 0.05) is 6.42 Å². The van der Waals surface area contributed by atoms with E-state index in [1.807, 2.05) is 12.1 Å². The average molecular weight is 280 g/mol. The molecule has 0 saturated carbocycles. The molecule has 1 aromatic carbocycles. The van der Waals surface area contributed by atoms with Gasteiger partial charge in [-0.15, -0.1) is 0 Å². The lowest BCUT2D eigenvalue weighted by Gasteiger charge is -2.18. The molecule has 0 fully saturated rings. The smallest absolute Gasteiger partial charge is 0.168 e. The fraction of sp³-hybridized carbons (Fsp3) is 0.474. The molecular weight excluding hydrogens is 256 g/mol. The number of allylic oxidation sites excluding steroid dienone is 1. The molecule has 110 valence electrons. The molecule has 0 atom stereocenters. The van der Waals surface area contributed by atoms with Crippen molar-refractivity contribution in [3.05, 3.63) is 47.5 Å². The molecule has 0 bridgehead atoms. The maximum absolute atomic E-state index is 9.30. The summed E-state index contributed by atoms with van der Waals surface area (Å²) in [6.45, 7) is 7.76. The van der Waals surface area contributed by atoms with Crippen LogP contribution >= 0.6 is 0 Å². The number of unbranched alkanes of at least 4 members (excludes halogenated alkanes) is 3. The van der Waals surface area contributed by atoms with Crippen LogP contribution in [0.5, 0.6) is 0 Å². The van der Waals surface area contributed by atoms with Gasteiger partial charge in [0.25, 0.3) is 0 Å². The number of nitrogens with zero attached hydrogens (tertiary/aromatic N) is 2. The Hall–Kier alpha value is -2.06. The van der Waals surface area contributed by atoms with Crippen LogP contribution in [0.25, 0.3) is 0 Å². The van der Waals surface area contributed by atoms with Gasteiger partial charge in [-0.2, -0.15) is 10.5 Å². The molecule has 0 amide bonds. The summed E-state index contributed by atoms with van der Waals surface area (Å²) in [6, 6.07) is 12.5. The Labute approximate surface area is 128 Å². The predicted octanol–water partition coefficient (Wildman–Crippen LogP) is 4.96. The zero-order chi connectivity index (χ0) is 15.7. The van der Waals surface area contributed by atoms with Crippen LogP contribution in [-0.2, 0) is 12.8 Å². The molecule has 1 aromatic rings. The Morgan fingerprint density at radius 3 is 2.10 bits per heavy atom. The monoisotopic (exact) mass is 280 g/mol. The zero-order valence-corrected chi connectivity index (χ0v) is 13.2. The molecule has 0 N–H and O–H groups in total. The lowest BCUT2D eigenvalue weighted by atomic mass is 9.79. The molecule has 0 heterocycles. The molecule has 21 heavy (non-hydrogen) atoms. The maximum Gasteiger partial charge on any atom is 0.168 e. The number of hydrogen-bond donors (Lipinski definition) is 0. The van der Waals surface area contributed by atoms with Gasteiger partial charge in [-0.1, -0.05) is 57.0 Å². The van der Waals surface area contributed by atoms with Crippen molar-refractivity contribution in [2.45, 2.75) is 52.4 Å². The summed E-state index contributed by atoms with van der Waals surface area (Å²) in [5.74, 6) is 0. The quantitative estimate of drug-likeness (QED) is 0.499. The maximum atomic E-state index is 9.30. The van der Waals surface area contributed by atoms with Gasteiger partial charge in [0.2, 0.25) is 0 Å². The van der Waals surface area contributed by atoms with Gasteiger partial charge in [0.1, 0.15) is 0 Å². The van der Waals surface area contributed by atoms with E-state index in [1.165, 1.54) is 31.2 Å². The van der Waals surface area contributed by atoms with Crippen molar-refractivity contribution in [2.24, 2.45) is 5.41 Å². The minimum atomic E-state index is -1.11. The third kappa shape index (κ3) is 4.76. The molecule has 0 spiro atoms. The molecule has 0 saturated heterocycles. The van der Waals surface area contributed by atoms with Gasteiger partial charge < -0.3 is 0 Å². The molecular formula is C19H24N2. The van der Waals surface area contributed by atoms with Gasteiger partial charge in [0.15, 0.2) is 5.41 Å². The van der Waals surface area contributed by atoms with E-state index in [0.717, 1.165) is 12.0 Å². The lowest BCUT2D eigenvalue weighted by Crippen LogP contribution is -2.20. The van der Waals surface area contributed by atoms with Gasteiger partial charge in [-0.3, -0.25) is 0 Å². The van der Waals surface area contributed by atoms with Gasteiger partial charge in [0.05, 0.1) is 12.1 Å². The Kier molecular flexibility index (Phi) is 6.70. The van der Waals surface area contributed by atoms with Crippen molar-refractivity contribution in [3.8, 4) is 12.1 Å². The third-order valence-electron chi connectivity index (χ3n) is 3.92. The van der Waals surface area contributed by atoms with Crippen molar-refractivity contribution in [1.82, 2.24) is 0 Å². The van der Waals surface area contributed by atoms with Gasteiger partial charge in [-0.25, -0.2) is 0 Å². The van der Waals surface area contributed by atoms with Crippen molar-refractivity contribution in [1.29, 1.82) is 10.5 Å². The van der Waals surface area contributed by atoms with Gasteiger partial charge in [-0.05, 0) is 36.5 Å². The Morgan fingerprint density at radius 1 is 1.05 bits per heavy atom. The second-order valence-corrected chi connectivity index (χ2v) is 5.71. The number of nitriles is 2. The number of rotatable bonds is 8. The van der Waals surface area contributed by atoms with Crippen LogP contribution < -0.4 is 0 Å². The van der Waals surface area contributed by atoms with Crippen molar-refractivity contribution in [3.63, 3.8) is 0 Å². The van der Waals surface area contributed by atoms with E-state index in [-0.39, 0.29) is 0 Å². The van der Waals surface area contributed by atoms with Crippen LogP contribution in [0.4, 0.5) is 0 Å². The first kappa shape index (κ1) is 17.0. The largest absolute Gasteiger partial charge is 0.196 e. The highest BCUT2D eigenvalue weighted by atomic mass is 14.4. The van der Waals surface area contributed by atoms with Crippen molar-refractivity contribution >= 4 is 0 Å². The first-order chi connectivity index (χ1) is 10.1. The fourth-order valence-corrected chi connectivity index (χ4v) is 2.33. The summed E-state index contributed by atoms with van der Waals surface area (Å²) in [5.41, 5.74) is 1.84. The summed E-state index contributed by atoms with van der Waals surface area (Å²) in [5, 5.41) is 18.6. The molecule has 2 heteroatoms. The summed E-state index contributed by atoms with van der Waals surface area (Å²) >= 11 is 0. The van der Waals surface area contributed by atoms with E-state index in [0.29, 0.717) is 12.0 Å². The normalized spacial score (nSPS) is 10.7. The van der Waals surface area contributed by atoms with Crippen LogP contribution in [-0.4, -0.2) is 0 Å². The minimum absolute atomic E-state index is 0.408. The van der Waals surface area contributed by atoms with Crippen LogP contribution in [0.1, 0.15) is 50.7 Å². The second-order valence-electron chi connectivity index (χ2n) is 5.71. The molecule has 1 rings (SSSR count). The first-order valence-electron chi connectivity index (χ1n) is 7.64. The summed E-state index contributed by atoms with van der Waals surface area (Å²) < 4.78 is 0. The zero-order valence-electron chi connectivity index (χ0n) is 13.2. The van der Waals surface area contributed by atoms with E-state index in [1.54, 1.807) is 6.92 Å². The van der Waals surface area contributed by atoms with Crippen LogP contribution in [0.3, 0.4) is 0 Å². The molecule has 0 unspecified atom stereocenters. The van der Waals surface area contributed by atoms with E-state index >= 15 is 0 Å². The van der Waals surface area contributed by atoms with Crippen LogP contribution in [0.15, 0.2) is 36.4 Å². The SMILES string of the molecule is C=C(C)C(C#N)(C#N)Cc1ccc(CCCCCC)cc1. The standard InChI is InChI=1S/C19H24N2/c1-4-5-6-7-8-17-9-11-18(12-10-17)13-19(14-20,15-21)16(2)3/h9-12H,2,4-8,13H2,1,3H3. The third-order valence-corrected chi connectivity index (χ3v) is 3.92. The van der Waals surface area contributed by atoms with Crippen molar-refractivity contribution in [2.75, 3.05) is 0 Å². The van der Waals surface area contributed by atoms with Crippen LogP contribution in [0.2, 0.25) is 0 Å². The minimum Gasteiger partial charge on any atom is -0.196 e. The molecule has 2 nitrogen and oxygen atoms in total. The topological polar surface area (TPSA) is 47.6 Å². The predicted molar refractivity (Wildman–Crippen MR) is 86.5 cm³/mol. The Balaban J connectivity index is 2.69. The average Bonchev–Trinajstić information content (AvgIpc) is 2.50. The highest BCUT2D eigenvalue weighted by molar-refractivity contribution is 5.35. The van der Waals surface area contributed by atoms with E-state index in [9.17, 15) is 10.5 Å². The number of hydrogen-bond acceptors (Lipinski definition) is 2. The van der Waals surface area contributed by atoms with E-state index in [4.69, 9.17) is 0 Å². The van der Waals surface area contributed by atoms with E-state index < -0.39 is 5.41 Å². The molecule has 0 radical (unpaired) electrons. The lowest BCUT2D eigenvalue weighted by molar-refractivity contribution is 0.615.